The van der Waals surface area contributed by atoms with Crippen LogP contribution < -0.4 is 19.5 Å². The number of hydrogen-bond donors (Lipinski definition) is 2. The summed E-state index contributed by atoms with van der Waals surface area (Å²) in [5, 5.41) is 2.78. The number of amides is 1. The second-order valence-electron chi connectivity index (χ2n) is 7.28. The number of carbonyl (C=O) groups is 1. The molecule has 8 nitrogen and oxygen atoms in total. The fourth-order valence-corrected chi connectivity index (χ4v) is 4.48. The average molecular weight is 466 g/mol. The molecule has 3 aromatic carbocycles. The van der Waals surface area contributed by atoms with Gasteiger partial charge in [0, 0.05) is 11.3 Å². The fourth-order valence-electron chi connectivity index (χ4n) is 3.24. The van der Waals surface area contributed by atoms with Crippen molar-refractivity contribution < 1.29 is 22.7 Å². The van der Waals surface area contributed by atoms with E-state index >= 15 is 0 Å². The Balaban J connectivity index is 1.39. The lowest BCUT2D eigenvalue weighted by Crippen LogP contribution is -2.28. The fraction of sp³-hybridized carbons (Fsp3) is 0.167. The smallest absolute Gasteiger partial charge is 0.263 e. The number of amidine groups is 1. The van der Waals surface area contributed by atoms with E-state index in [-0.39, 0.29) is 16.6 Å². The lowest BCUT2D eigenvalue weighted by molar-refractivity contribution is -0.117. The minimum absolute atomic E-state index is 0.152. The van der Waals surface area contributed by atoms with E-state index in [0.29, 0.717) is 29.4 Å². The molecule has 9 heteroatoms. The minimum Gasteiger partial charge on any atom is -0.494 e. The largest absolute Gasteiger partial charge is 0.494 e. The molecule has 1 amide bonds. The molecule has 0 unspecified atom stereocenters. The van der Waals surface area contributed by atoms with Gasteiger partial charge in [0.25, 0.3) is 10.0 Å². The van der Waals surface area contributed by atoms with E-state index in [2.05, 4.69) is 15.0 Å². The molecule has 2 N–H and O–H groups in total. The number of fused-ring (bicyclic) bond motifs is 1. The van der Waals surface area contributed by atoms with E-state index in [1.54, 1.807) is 49.4 Å². The SMILES string of the molecule is CCOc1ccc(Oc2ccc(NC(=O)[C@H](C)N=C3NS(=O)(=O)c4ccccc43)cc2)cc1. The zero-order valence-electron chi connectivity index (χ0n) is 18.1. The maximum atomic E-state index is 12.6. The van der Waals surface area contributed by atoms with Crippen molar-refractivity contribution in [1.29, 1.82) is 0 Å². The Kier molecular flexibility index (Phi) is 6.32. The highest BCUT2D eigenvalue weighted by Gasteiger charge is 2.31. The predicted molar refractivity (Wildman–Crippen MR) is 126 cm³/mol. The normalized spacial score (nSPS) is 15.9. The number of anilines is 1. The number of nitrogens with one attached hydrogen (secondary N) is 2. The third-order valence-electron chi connectivity index (χ3n) is 4.86. The van der Waals surface area contributed by atoms with Gasteiger partial charge in [0.1, 0.15) is 29.1 Å². The van der Waals surface area contributed by atoms with Crippen molar-refractivity contribution >= 4 is 27.5 Å². The molecule has 1 aliphatic rings. The molecule has 1 atom stereocenters. The van der Waals surface area contributed by atoms with Crippen LogP contribution in [0.15, 0.2) is 82.7 Å². The van der Waals surface area contributed by atoms with E-state index < -0.39 is 16.1 Å². The Morgan fingerprint density at radius 2 is 1.58 bits per heavy atom. The quantitative estimate of drug-likeness (QED) is 0.550. The molecule has 0 saturated carbocycles. The van der Waals surface area contributed by atoms with Crippen LogP contribution in [0, 0.1) is 0 Å². The topological polar surface area (TPSA) is 106 Å². The van der Waals surface area contributed by atoms with Gasteiger partial charge in [-0.15, -0.1) is 0 Å². The highest BCUT2D eigenvalue weighted by Crippen LogP contribution is 2.26. The molecule has 0 saturated heterocycles. The van der Waals surface area contributed by atoms with Crippen molar-refractivity contribution in [1.82, 2.24) is 4.72 Å². The van der Waals surface area contributed by atoms with E-state index in [0.717, 1.165) is 5.75 Å². The Morgan fingerprint density at radius 1 is 0.970 bits per heavy atom. The highest BCUT2D eigenvalue weighted by molar-refractivity contribution is 7.90. The monoisotopic (exact) mass is 465 g/mol. The summed E-state index contributed by atoms with van der Waals surface area (Å²) in [6.07, 6.45) is 0. The number of aliphatic imine (C=N–C) groups is 1. The van der Waals surface area contributed by atoms with Crippen LogP contribution in [0.5, 0.6) is 17.2 Å². The standard InChI is InChI=1S/C24H23N3O5S/c1-3-31-18-12-14-20(15-13-18)32-19-10-8-17(9-11-19)26-24(28)16(2)25-23-21-6-4-5-7-22(21)33(29,30)27-23/h4-16H,3H2,1-2H3,(H,25,27)(H,26,28)/t16-/m0/s1. The summed E-state index contributed by atoms with van der Waals surface area (Å²) in [5.74, 6) is 1.84. The average Bonchev–Trinajstić information content (AvgIpc) is 3.06. The van der Waals surface area contributed by atoms with Gasteiger partial charge in [0.2, 0.25) is 5.91 Å². The first-order valence-corrected chi connectivity index (χ1v) is 11.9. The number of rotatable bonds is 7. The van der Waals surface area contributed by atoms with Gasteiger partial charge < -0.3 is 14.8 Å². The summed E-state index contributed by atoms with van der Waals surface area (Å²) in [6.45, 7) is 4.12. The highest BCUT2D eigenvalue weighted by atomic mass is 32.2. The molecular formula is C24H23N3O5S. The molecular weight excluding hydrogens is 442 g/mol. The van der Waals surface area contributed by atoms with Crippen molar-refractivity contribution in [2.75, 3.05) is 11.9 Å². The van der Waals surface area contributed by atoms with E-state index in [4.69, 9.17) is 9.47 Å². The second kappa shape index (κ2) is 9.33. The Bertz CT molecular complexity index is 1290. The lowest BCUT2D eigenvalue weighted by Gasteiger charge is -2.11. The lowest BCUT2D eigenvalue weighted by atomic mass is 10.2. The number of ether oxygens (including phenoxy) is 2. The molecule has 3 aromatic rings. The van der Waals surface area contributed by atoms with Crippen LogP contribution >= 0.6 is 0 Å². The van der Waals surface area contributed by atoms with Crippen LogP contribution in [0.4, 0.5) is 5.69 Å². The summed E-state index contributed by atoms with van der Waals surface area (Å²) in [7, 11) is -3.65. The second-order valence-corrected chi connectivity index (χ2v) is 8.93. The molecule has 0 aliphatic carbocycles. The first kappa shape index (κ1) is 22.3. The van der Waals surface area contributed by atoms with Gasteiger partial charge in [-0.1, -0.05) is 12.1 Å². The molecule has 0 radical (unpaired) electrons. The number of carbonyl (C=O) groups excluding carboxylic acids is 1. The van der Waals surface area contributed by atoms with Gasteiger partial charge >= 0.3 is 0 Å². The summed E-state index contributed by atoms with van der Waals surface area (Å²) in [5.41, 5.74) is 1.02. The molecule has 1 aliphatic heterocycles. The van der Waals surface area contributed by atoms with Crippen LogP contribution in [-0.2, 0) is 14.8 Å². The number of sulfonamides is 1. The molecule has 0 spiro atoms. The van der Waals surface area contributed by atoms with Crippen molar-refractivity contribution in [3.8, 4) is 17.2 Å². The summed E-state index contributed by atoms with van der Waals surface area (Å²) in [6, 6.07) is 19.9. The van der Waals surface area contributed by atoms with Crippen LogP contribution in [0.2, 0.25) is 0 Å². The zero-order chi connectivity index (χ0) is 23.4. The zero-order valence-corrected chi connectivity index (χ0v) is 18.9. The van der Waals surface area contributed by atoms with Crippen LogP contribution in [0.1, 0.15) is 19.4 Å². The van der Waals surface area contributed by atoms with Gasteiger partial charge in [0.05, 0.1) is 11.5 Å². The van der Waals surface area contributed by atoms with Gasteiger partial charge in [-0.3, -0.25) is 14.5 Å². The first-order chi connectivity index (χ1) is 15.9. The summed E-state index contributed by atoms with van der Waals surface area (Å²) >= 11 is 0. The summed E-state index contributed by atoms with van der Waals surface area (Å²) < 4.78 is 38.0. The molecule has 0 aromatic heterocycles. The van der Waals surface area contributed by atoms with E-state index in [1.165, 1.54) is 6.07 Å². The third-order valence-corrected chi connectivity index (χ3v) is 6.25. The van der Waals surface area contributed by atoms with E-state index in [1.807, 2.05) is 31.2 Å². The van der Waals surface area contributed by atoms with E-state index in [9.17, 15) is 13.2 Å². The minimum atomic E-state index is -3.65. The van der Waals surface area contributed by atoms with Gasteiger partial charge in [-0.25, -0.2) is 8.42 Å². The molecule has 4 rings (SSSR count). The van der Waals surface area contributed by atoms with Crippen molar-refractivity contribution in [2.45, 2.75) is 24.8 Å². The molecule has 0 bridgehead atoms. The first-order valence-electron chi connectivity index (χ1n) is 10.4. The Hall–Kier alpha value is -3.85. The molecule has 0 fully saturated rings. The van der Waals surface area contributed by atoms with Crippen LogP contribution in [-0.4, -0.2) is 32.8 Å². The number of nitrogens with zero attached hydrogens (tertiary/aromatic N) is 1. The number of hydrogen-bond acceptors (Lipinski definition) is 6. The van der Waals surface area contributed by atoms with Gasteiger partial charge in [0.15, 0.2) is 0 Å². The predicted octanol–water partition coefficient (Wildman–Crippen LogP) is 3.94. The van der Waals surface area contributed by atoms with Crippen molar-refractivity contribution in [3.05, 3.63) is 78.4 Å². The summed E-state index contributed by atoms with van der Waals surface area (Å²) in [4.78, 5) is 17.0. The van der Waals surface area contributed by atoms with Gasteiger partial charge in [-0.2, -0.15) is 0 Å². The van der Waals surface area contributed by atoms with Crippen molar-refractivity contribution in [2.24, 2.45) is 4.99 Å². The number of benzene rings is 3. The Morgan fingerprint density at radius 3 is 2.24 bits per heavy atom. The van der Waals surface area contributed by atoms with Crippen LogP contribution in [0.25, 0.3) is 0 Å². The third kappa shape index (κ3) is 5.15. The van der Waals surface area contributed by atoms with Crippen molar-refractivity contribution in [3.63, 3.8) is 0 Å². The Labute approximate surface area is 192 Å². The molecule has 170 valence electrons. The van der Waals surface area contributed by atoms with Crippen LogP contribution in [0.3, 0.4) is 0 Å². The maximum absolute atomic E-state index is 12.6. The molecule has 33 heavy (non-hydrogen) atoms. The molecule has 1 heterocycles. The van der Waals surface area contributed by atoms with Gasteiger partial charge in [-0.05, 0) is 74.5 Å². The maximum Gasteiger partial charge on any atom is 0.263 e.